The van der Waals surface area contributed by atoms with E-state index in [0.717, 1.165) is 29.7 Å². The molecule has 1 aliphatic carbocycles. The lowest BCUT2D eigenvalue weighted by molar-refractivity contribution is -0.125. The normalized spacial score (nSPS) is 20.1. The Morgan fingerprint density at radius 2 is 2.06 bits per heavy atom. The molecular formula is C14H18N2O2. The van der Waals surface area contributed by atoms with Crippen molar-refractivity contribution in [3.63, 3.8) is 0 Å². The first-order chi connectivity index (χ1) is 8.33. The van der Waals surface area contributed by atoms with Crippen molar-refractivity contribution in [2.45, 2.75) is 51.6 Å². The standard InChI is InChI=1S/C14H18N2O2/c1-8-9(13(2,3)4)7-15-11-10(8)16-12(17)14(18-11)5-6-14/h7H,5-6H2,1-4H3,(H,16,17). The van der Waals surface area contributed by atoms with Crippen LogP contribution in [0.15, 0.2) is 6.20 Å². The first-order valence-corrected chi connectivity index (χ1v) is 6.34. The molecule has 3 rings (SSSR count). The summed E-state index contributed by atoms with van der Waals surface area (Å²) in [5.41, 5.74) is 2.32. The number of fused-ring (bicyclic) bond motifs is 1. The van der Waals surface area contributed by atoms with E-state index >= 15 is 0 Å². The van der Waals surface area contributed by atoms with Crippen LogP contribution in [0, 0.1) is 6.92 Å². The molecule has 1 amide bonds. The maximum atomic E-state index is 12.0. The summed E-state index contributed by atoms with van der Waals surface area (Å²) in [5, 5.41) is 2.97. The van der Waals surface area contributed by atoms with Gasteiger partial charge in [0.25, 0.3) is 5.91 Å². The van der Waals surface area contributed by atoms with Gasteiger partial charge in [-0.3, -0.25) is 4.79 Å². The van der Waals surface area contributed by atoms with E-state index in [1.807, 2.05) is 13.1 Å². The van der Waals surface area contributed by atoms with Gasteiger partial charge >= 0.3 is 0 Å². The van der Waals surface area contributed by atoms with E-state index in [1.54, 1.807) is 0 Å². The van der Waals surface area contributed by atoms with Crippen LogP contribution >= 0.6 is 0 Å². The number of amides is 1. The van der Waals surface area contributed by atoms with Crippen molar-refractivity contribution < 1.29 is 9.53 Å². The molecule has 1 saturated carbocycles. The second-order valence-electron chi connectivity index (χ2n) is 6.28. The summed E-state index contributed by atoms with van der Waals surface area (Å²) < 4.78 is 5.77. The van der Waals surface area contributed by atoms with E-state index in [-0.39, 0.29) is 11.3 Å². The van der Waals surface area contributed by atoms with Crippen molar-refractivity contribution in [3.8, 4) is 5.88 Å². The Morgan fingerprint density at radius 1 is 1.39 bits per heavy atom. The Morgan fingerprint density at radius 3 is 2.61 bits per heavy atom. The minimum atomic E-state index is -0.615. The van der Waals surface area contributed by atoms with Gasteiger partial charge in [-0.25, -0.2) is 4.98 Å². The van der Waals surface area contributed by atoms with Crippen LogP contribution in [0.2, 0.25) is 0 Å². The van der Waals surface area contributed by atoms with Crippen molar-refractivity contribution >= 4 is 11.6 Å². The van der Waals surface area contributed by atoms with Gasteiger partial charge in [0.15, 0.2) is 5.60 Å². The monoisotopic (exact) mass is 246 g/mol. The van der Waals surface area contributed by atoms with Crippen molar-refractivity contribution in [1.29, 1.82) is 0 Å². The van der Waals surface area contributed by atoms with E-state index in [1.165, 1.54) is 0 Å². The predicted molar refractivity (Wildman–Crippen MR) is 68.9 cm³/mol. The molecule has 4 nitrogen and oxygen atoms in total. The second-order valence-corrected chi connectivity index (χ2v) is 6.28. The van der Waals surface area contributed by atoms with E-state index < -0.39 is 5.60 Å². The summed E-state index contributed by atoms with van der Waals surface area (Å²) in [6.45, 7) is 8.42. The van der Waals surface area contributed by atoms with E-state index in [4.69, 9.17) is 4.74 Å². The Kier molecular flexibility index (Phi) is 2.08. The summed E-state index contributed by atoms with van der Waals surface area (Å²) >= 11 is 0. The molecule has 96 valence electrons. The minimum Gasteiger partial charge on any atom is -0.459 e. The summed E-state index contributed by atoms with van der Waals surface area (Å²) in [7, 11) is 0. The van der Waals surface area contributed by atoms with Crippen molar-refractivity contribution in [2.75, 3.05) is 5.32 Å². The number of nitrogens with zero attached hydrogens (tertiary/aromatic N) is 1. The smallest absolute Gasteiger partial charge is 0.268 e. The Hall–Kier alpha value is -1.58. The summed E-state index contributed by atoms with van der Waals surface area (Å²) in [4.78, 5) is 16.4. The number of ether oxygens (including phenoxy) is 1. The fourth-order valence-corrected chi connectivity index (χ4v) is 2.46. The number of carbonyl (C=O) groups is 1. The number of anilines is 1. The number of rotatable bonds is 0. The highest BCUT2D eigenvalue weighted by molar-refractivity contribution is 6.03. The minimum absolute atomic E-state index is 0.00551. The first kappa shape index (κ1) is 11.5. The molecule has 4 heteroatoms. The largest absolute Gasteiger partial charge is 0.459 e. The molecule has 18 heavy (non-hydrogen) atoms. The fourth-order valence-electron chi connectivity index (χ4n) is 2.46. The number of aromatic nitrogens is 1. The lowest BCUT2D eigenvalue weighted by Gasteiger charge is -2.29. The molecule has 0 atom stereocenters. The molecule has 1 aromatic heterocycles. The van der Waals surface area contributed by atoms with Crippen molar-refractivity contribution in [3.05, 3.63) is 17.3 Å². The van der Waals surface area contributed by atoms with E-state index in [0.29, 0.717) is 5.88 Å². The Bertz CT molecular complexity index is 539. The third-order valence-electron chi connectivity index (χ3n) is 3.76. The van der Waals surface area contributed by atoms with Crippen molar-refractivity contribution in [2.24, 2.45) is 0 Å². The number of hydrogen-bond acceptors (Lipinski definition) is 3. The van der Waals surface area contributed by atoms with Gasteiger partial charge in [-0.15, -0.1) is 0 Å². The zero-order valence-corrected chi connectivity index (χ0v) is 11.3. The van der Waals surface area contributed by atoms with E-state index in [2.05, 4.69) is 31.1 Å². The highest BCUT2D eigenvalue weighted by atomic mass is 16.5. The molecule has 2 heterocycles. The van der Waals surface area contributed by atoms with Gasteiger partial charge in [0.1, 0.15) is 5.69 Å². The maximum Gasteiger partial charge on any atom is 0.268 e. The average Bonchev–Trinajstić information content (AvgIpc) is 3.01. The molecule has 2 aliphatic rings. The fraction of sp³-hybridized carbons (Fsp3) is 0.571. The van der Waals surface area contributed by atoms with Gasteiger partial charge < -0.3 is 10.1 Å². The number of hydrogen-bond donors (Lipinski definition) is 1. The highest BCUT2D eigenvalue weighted by Crippen LogP contribution is 2.47. The molecule has 1 N–H and O–H groups in total. The Balaban J connectivity index is 2.09. The van der Waals surface area contributed by atoms with Crippen molar-refractivity contribution in [1.82, 2.24) is 4.98 Å². The molecular weight excluding hydrogens is 228 g/mol. The lowest BCUT2D eigenvalue weighted by Crippen LogP contribution is -2.40. The van der Waals surface area contributed by atoms with Gasteiger partial charge in [0.05, 0.1) is 0 Å². The molecule has 0 aromatic carbocycles. The Labute approximate surface area is 107 Å². The first-order valence-electron chi connectivity index (χ1n) is 6.34. The van der Waals surface area contributed by atoms with Crippen LogP contribution in [0.4, 0.5) is 5.69 Å². The third-order valence-corrected chi connectivity index (χ3v) is 3.76. The van der Waals surface area contributed by atoms with Gasteiger partial charge in [-0.1, -0.05) is 20.8 Å². The summed E-state index contributed by atoms with van der Waals surface area (Å²) in [6.07, 6.45) is 3.45. The SMILES string of the molecule is Cc1c(C(C)(C)C)cnc2c1NC(=O)C1(CC1)O2. The van der Waals surface area contributed by atoms with Crippen LogP contribution in [0.1, 0.15) is 44.7 Å². The molecule has 0 radical (unpaired) electrons. The number of carbonyl (C=O) groups excluding carboxylic acids is 1. The van der Waals surface area contributed by atoms with E-state index in [9.17, 15) is 4.79 Å². The maximum absolute atomic E-state index is 12.0. The van der Waals surface area contributed by atoms with Gasteiger partial charge in [0, 0.05) is 19.0 Å². The summed E-state index contributed by atoms with van der Waals surface area (Å²) in [6, 6.07) is 0. The second kappa shape index (κ2) is 3.25. The van der Waals surface area contributed by atoms with Crippen LogP contribution in [-0.2, 0) is 10.2 Å². The van der Waals surface area contributed by atoms with Crippen LogP contribution < -0.4 is 10.1 Å². The van der Waals surface area contributed by atoms with Crippen LogP contribution in [0.3, 0.4) is 0 Å². The zero-order valence-electron chi connectivity index (χ0n) is 11.3. The molecule has 1 spiro atoms. The molecule has 0 unspecified atom stereocenters. The molecule has 1 aliphatic heterocycles. The number of pyridine rings is 1. The average molecular weight is 246 g/mol. The summed E-state index contributed by atoms with van der Waals surface area (Å²) in [5.74, 6) is 0.545. The third kappa shape index (κ3) is 1.51. The van der Waals surface area contributed by atoms with Crippen LogP contribution in [-0.4, -0.2) is 16.5 Å². The van der Waals surface area contributed by atoms with Gasteiger partial charge in [0.2, 0.25) is 5.88 Å². The molecule has 0 bridgehead atoms. The predicted octanol–water partition coefficient (Wildman–Crippen LogP) is 2.55. The topological polar surface area (TPSA) is 51.2 Å². The van der Waals surface area contributed by atoms with Crippen LogP contribution in [0.25, 0.3) is 0 Å². The van der Waals surface area contributed by atoms with Crippen LogP contribution in [0.5, 0.6) is 5.88 Å². The lowest BCUT2D eigenvalue weighted by atomic mass is 9.85. The molecule has 0 saturated heterocycles. The molecule has 1 aromatic rings. The van der Waals surface area contributed by atoms with Gasteiger partial charge in [-0.05, 0) is 23.5 Å². The zero-order chi connectivity index (χ0) is 13.1. The molecule has 1 fully saturated rings. The quantitative estimate of drug-likeness (QED) is 0.765. The highest BCUT2D eigenvalue weighted by Gasteiger charge is 2.56. The number of nitrogens with one attached hydrogen (secondary N) is 1. The van der Waals surface area contributed by atoms with Gasteiger partial charge in [-0.2, -0.15) is 0 Å².